The summed E-state index contributed by atoms with van der Waals surface area (Å²) in [5.41, 5.74) is 1.73. The van der Waals surface area contributed by atoms with Crippen LogP contribution in [0.25, 0.3) is 10.9 Å². The number of ether oxygens (including phenoxy) is 2. The summed E-state index contributed by atoms with van der Waals surface area (Å²) >= 11 is 0. The van der Waals surface area contributed by atoms with Crippen molar-refractivity contribution in [3.8, 4) is 5.75 Å². The first kappa shape index (κ1) is 22.9. The molecule has 0 aliphatic carbocycles. The molecule has 1 saturated heterocycles. The molecule has 0 atom stereocenters. The van der Waals surface area contributed by atoms with Crippen LogP contribution in [0.3, 0.4) is 0 Å². The number of carbonyl (C=O) groups is 1. The van der Waals surface area contributed by atoms with Gasteiger partial charge in [-0.1, -0.05) is 24.8 Å². The normalized spacial score (nSPS) is 14.4. The predicted molar refractivity (Wildman–Crippen MR) is 123 cm³/mol. The first-order valence-electron chi connectivity index (χ1n) is 10.9. The van der Waals surface area contributed by atoms with Gasteiger partial charge >= 0.3 is 0 Å². The Labute approximate surface area is 191 Å². The lowest BCUT2D eigenvalue weighted by Gasteiger charge is -2.26. The molecule has 4 rings (SSSR count). The number of morpholine rings is 1. The van der Waals surface area contributed by atoms with Crippen molar-refractivity contribution in [2.45, 2.75) is 6.54 Å². The zero-order valence-corrected chi connectivity index (χ0v) is 18.4. The monoisotopic (exact) mass is 455 g/mol. The molecule has 8 heteroatoms. The van der Waals surface area contributed by atoms with E-state index in [0.29, 0.717) is 43.4 Å². The zero-order valence-electron chi connectivity index (χ0n) is 18.4. The van der Waals surface area contributed by atoms with Gasteiger partial charge in [0.05, 0.1) is 18.7 Å². The highest BCUT2D eigenvalue weighted by atomic mass is 19.2. The Hall–Kier alpha value is -3.23. The van der Waals surface area contributed by atoms with Gasteiger partial charge in [-0.05, 0) is 35.9 Å². The molecule has 2 heterocycles. The molecule has 33 heavy (non-hydrogen) atoms. The topological polar surface area (TPSA) is 55.7 Å². The van der Waals surface area contributed by atoms with Crippen molar-refractivity contribution in [1.29, 1.82) is 0 Å². The maximum absolute atomic E-state index is 13.8. The predicted octanol–water partition coefficient (Wildman–Crippen LogP) is 3.59. The van der Waals surface area contributed by atoms with Gasteiger partial charge < -0.3 is 19.4 Å². The van der Waals surface area contributed by atoms with Crippen LogP contribution in [0.15, 0.2) is 55.1 Å². The Morgan fingerprint density at radius 2 is 1.97 bits per heavy atom. The summed E-state index contributed by atoms with van der Waals surface area (Å²) in [5, 5.41) is 3.75. The van der Waals surface area contributed by atoms with Crippen LogP contribution in [0.4, 0.5) is 8.78 Å². The van der Waals surface area contributed by atoms with Gasteiger partial charge in [0.2, 0.25) is 0 Å². The van der Waals surface area contributed by atoms with E-state index in [0.717, 1.165) is 42.7 Å². The number of halogens is 2. The van der Waals surface area contributed by atoms with Crippen LogP contribution in [-0.4, -0.2) is 61.4 Å². The van der Waals surface area contributed by atoms with Crippen LogP contribution in [0.2, 0.25) is 0 Å². The van der Waals surface area contributed by atoms with E-state index in [1.54, 1.807) is 16.7 Å². The summed E-state index contributed by atoms with van der Waals surface area (Å²) in [6.07, 6.45) is 1.65. The molecule has 1 aromatic heterocycles. The third kappa shape index (κ3) is 5.40. The summed E-state index contributed by atoms with van der Waals surface area (Å²) in [6.45, 7) is 8.52. The second-order valence-electron chi connectivity index (χ2n) is 7.86. The SMILES string of the molecule is C=CCOc1cccc2c1cc(C(=O)NCCN1CCOCC1)n2Cc1ccc(F)c(F)c1. The number of rotatable bonds is 9. The van der Waals surface area contributed by atoms with Crippen molar-refractivity contribution in [2.75, 3.05) is 46.0 Å². The van der Waals surface area contributed by atoms with E-state index in [4.69, 9.17) is 9.47 Å². The molecule has 3 aromatic rings. The number of hydrogen-bond donors (Lipinski definition) is 1. The lowest BCUT2D eigenvalue weighted by Crippen LogP contribution is -2.41. The standard InChI is InChI=1S/C25H27F2N3O3/c1-2-12-33-24-5-3-4-22-19(24)16-23(25(31)28-8-9-29-10-13-32-14-11-29)30(22)17-18-6-7-20(26)21(27)15-18/h2-7,15-16H,1,8-14,17H2,(H,28,31). The Morgan fingerprint density at radius 3 is 2.73 bits per heavy atom. The number of benzene rings is 2. The van der Waals surface area contributed by atoms with Gasteiger partial charge in [-0.15, -0.1) is 0 Å². The molecule has 1 aliphatic rings. The van der Waals surface area contributed by atoms with Crippen molar-refractivity contribution >= 4 is 16.8 Å². The molecule has 2 aromatic carbocycles. The third-order valence-electron chi connectivity index (χ3n) is 5.64. The van der Waals surface area contributed by atoms with Crippen LogP contribution in [0, 0.1) is 11.6 Å². The first-order valence-corrected chi connectivity index (χ1v) is 10.9. The molecule has 0 saturated carbocycles. The lowest BCUT2D eigenvalue weighted by atomic mass is 10.2. The molecule has 0 radical (unpaired) electrons. The Morgan fingerprint density at radius 1 is 1.15 bits per heavy atom. The molecule has 1 aliphatic heterocycles. The molecule has 174 valence electrons. The van der Waals surface area contributed by atoms with E-state index in [1.165, 1.54) is 6.07 Å². The third-order valence-corrected chi connectivity index (χ3v) is 5.64. The molecule has 0 spiro atoms. The molecule has 0 bridgehead atoms. The van der Waals surface area contributed by atoms with Crippen LogP contribution < -0.4 is 10.1 Å². The number of carbonyl (C=O) groups excluding carboxylic acids is 1. The van der Waals surface area contributed by atoms with E-state index in [1.807, 2.05) is 18.2 Å². The first-order chi connectivity index (χ1) is 16.1. The summed E-state index contributed by atoms with van der Waals surface area (Å²) in [4.78, 5) is 15.4. The minimum atomic E-state index is -0.921. The minimum Gasteiger partial charge on any atom is -0.489 e. The van der Waals surface area contributed by atoms with E-state index in [2.05, 4.69) is 16.8 Å². The van der Waals surface area contributed by atoms with Crippen molar-refractivity contribution in [2.24, 2.45) is 0 Å². The molecule has 6 nitrogen and oxygen atoms in total. The summed E-state index contributed by atoms with van der Waals surface area (Å²) in [5.74, 6) is -1.44. The Bertz CT molecular complexity index is 1140. The van der Waals surface area contributed by atoms with Gasteiger partial charge in [-0.25, -0.2) is 8.78 Å². The number of amides is 1. The Kier molecular flexibility index (Phi) is 7.36. The number of nitrogens with zero attached hydrogens (tertiary/aromatic N) is 2. The van der Waals surface area contributed by atoms with Crippen molar-refractivity contribution in [3.05, 3.63) is 78.0 Å². The van der Waals surface area contributed by atoms with Gasteiger partial charge in [0.25, 0.3) is 5.91 Å². The fourth-order valence-corrected chi connectivity index (χ4v) is 3.95. The fraction of sp³-hybridized carbons (Fsp3) is 0.320. The van der Waals surface area contributed by atoms with Gasteiger partial charge in [0, 0.05) is 38.1 Å². The summed E-state index contributed by atoms with van der Waals surface area (Å²) in [6, 6.07) is 11.1. The quantitative estimate of drug-likeness (QED) is 0.501. The van der Waals surface area contributed by atoms with E-state index in [9.17, 15) is 13.6 Å². The van der Waals surface area contributed by atoms with Crippen LogP contribution in [0.1, 0.15) is 16.1 Å². The average Bonchev–Trinajstić information content (AvgIpc) is 3.20. The van der Waals surface area contributed by atoms with E-state index < -0.39 is 11.6 Å². The molecular weight excluding hydrogens is 428 g/mol. The zero-order chi connectivity index (χ0) is 23.2. The van der Waals surface area contributed by atoms with Gasteiger partial charge in [-0.3, -0.25) is 9.69 Å². The van der Waals surface area contributed by atoms with Crippen LogP contribution in [-0.2, 0) is 11.3 Å². The van der Waals surface area contributed by atoms with Gasteiger partial charge in [-0.2, -0.15) is 0 Å². The molecule has 1 fully saturated rings. The van der Waals surface area contributed by atoms with Gasteiger partial charge in [0.1, 0.15) is 18.1 Å². The molecule has 1 amide bonds. The fourth-order valence-electron chi connectivity index (χ4n) is 3.95. The molecule has 1 N–H and O–H groups in total. The second-order valence-corrected chi connectivity index (χ2v) is 7.86. The largest absolute Gasteiger partial charge is 0.489 e. The minimum absolute atomic E-state index is 0.206. The lowest BCUT2D eigenvalue weighted by molar-refractivity contribution is 0.0383. The Balaban J connectivity index is 1.62. The number of nitrogens with one attached hydrogen (secondary N) is 1. The summed E-state index contributed by atoms with van der Waals surface area (Å²) in [7, 11) is 0. The number of hydrogen-bond acceptors (Lipinski definition) is 4. The number of fused-ring (bicyclic) bond motifs is 1. The average molecular weight is 456 g/mol. The second kappa shape index (κ2) is 10.6. The van der Waals surface area contributed by atoms with Gasteiger partial charge in [0.15, 0.2) is 11.6 Å². The highest BCUT2D eigenvalue weighted by molar-refractivity contribution is 6.00. The highest BCUT2D eigenvalue weighted by Gasteiger charge is 2.19. The maximum atomic E-state index is 13.8. The van der Waals surface area contributed by atoms with Crippen LogP contribution in [0.5, 0.6) is 5.75 Å². The maximum Gasteiger partial charge on any atom is 0.268 e. The highest BCUT2D eigenvalue weighted by Crippen LogP contribution is 2.30. The van der Waals surface area contributed by atoms with E-state index >= 15 is 0 Å². The van der Waals surface area contributed by atoms with Crippen molar-refractivity contribution < 1.29 is 23.0 Å². The van der Waals surface area contributed by atoms with Crippen molar-refractivity contribution in [1.82, 2.24) is 14.8 Å². The van der Waals surface area contributed by atoms with E-state index in [-0.39, 0.29) is 12.5 Å². The van der Waals surface area contributed by atoms with Crippen LogP contribution >= 0.6 is 0 Å². The molecular formula is C25H27F2N3O3. The summed E-state index contributed by atoms with van der Waals surface area (Å²) < 4.78 is 40.2. The molecule has 0 unspecified atom stereocenters. The number of aromatic nitrogens is 1. The smallest absolute Gasteiger partial charge is 0.268 e. The van der Waals surface area contributed by atoms with Crippen molar-refractivity contribution in [3.63, 3.8) is 0 Å².